The highest BCUT2D eigenvalue weighted by atomic mass is 32.2. The van der Waals surface area contributed by atoms with Crippen LogP contribution in [0.2, 0.25) is 0 Å². The molecule has 1 amide bonds. The van der Waals surface area contributed by atoms with E-state index in [0.717, 1.165) is 55.6 Å². The van der Waals surface area contributed by atoms with Crippen molar-refractivity contribution in [2.24, 2.45) is 5.73 Å². The summed E-state index contributed by atoms with van der Waals surface area (Å²) in [5.74, 6) is 0.152. The zero-order valence-electron chi connectivity index (χ0n) is 35.9. The molecule has 2 heterocycles. The van der Waals surface area contributed by atoms with Crippen LogP contribution >= 0.6 is 11.8 Å². The molecule has 1 unspecified atom stereocenters. The summed E-state index contributed by atoms with van der Waals surface area (Å²) in [5.41, 5.74) is 13.4. The van der Waals surface area contributed by atoms with Crippen LogP contribution in [0.15, 0.2) is 94.6 Å². The SMILES string of the molecule is CC1(C)C(=CC=C2CCCC(C=CC3N(CCCCS(=O)(=O)O)c4ccccc4C3(C)C)=C2SCCC(=O)NCCCCCN)N(CCCCS(=O)(=O)O)c2ccccc21. The van der Waals surface area contributed by atoms with Gasteiger partial charge in [0.1, 0.15) is 0 Å². The van der Waals surface area contributed by atoms with Crippen LogP contribution in [0.4, 0.5) is 11.4 Å². The van der Waals surface area contributed by atoms with Crippen molar-refractivity contribution in [1.82, 2.24) is 5.32 Å². The fourth-order valence-electron chi connectivity index (χ4n) is 8.88. The first-order valence-corrected chi connectivity index (χ1v) is 25.7. The first-order chi connectivity index (χ1) is 28.4. The van der Waals surface area contributed by atoms with Crippen LogP contribution in [0.1, 0.15) is 109 Å². The van der Waals surface area contributed by atoms with E-state index in [0.29, 0.717) is 64.0 Å². The number of fused-ring (bicyclic) bond motifs is 2. The Balaban J connectivity index is 1.47. The summed E-state index contributed by atoms with van der Waals surface area (Å²) in [4.78, 5) is 18.8. The lowest BCUT2D eigenvalue weighted by Crippen LogP contribution is -2.40. The quantitative estimate of drug-likeness (QED) is 0.0661. The number of nitrogens with zero attached hydrogens (tertiary/aromatic N) is 2. The summed E-state index contributed by atoms with van der Waals surface area (Å²) in [6, 6.07) is 16.8. The lowest BCUT2D eigenvalue weighted by molar-refractivity contribution is -0.120. The van der Waals surface area contributed by atoms with Crippen LogP contribution in [-0.4, -0.2) is 81.3 Å². The van der Waals surface area contributed by atoms with Crippen LogP contribution in [0.3, 0.4) is 0 Å². The number of para-hydroxylation sites is 2. The van der Waals surface area contributed by atoms with Gasteiger partial charge in [-0.1, -0.05) is 88.7 Å². The molecule has 2 aliphatic heterocycles. The molecule has 5 rings (SSSR count). The Morgan fingerprint density at radius 3 is 2.17 bits per heavy atom. The molecule has 0 fully saturated rings. The average molecular weight is 883 g/mol. The third-order valence-electron chi connectivity index (χ3n) is 12.0. The summed E-state index contributed by atoms with van der Waals surface area (Å²) in [5, 5.41) is 3.08. The summed E-state index contributed by atoms with van der Waals surface area (Å²) in [6.07, 6.45) is 17.0. The minimum Gasteiger partial charge on any atom is -0.364 e. The molecule has 0 aromatic heterocycles. The first-order valence-electron chi connectivity index (χ1n) is 21.5. The number of amides is 1. The summed E-state index contributed by atoms with van der Waals surface area (Å²) >= 11 is 1.73. The second-order valence-electron chi connectivity index (χ2n) is 17.3. The molecule has 5 N–H and O–H groups in total. The second kappa shape index (κ2) is 21.1. The van der Waals surface area contributed by atoms with E-state index < -0.39 is 20.2 Å². The molecule has 0 spiro atoms. The molecular weight excluding hydrogens is 817 g/mol. The number of rotatable bonds is 22. The van der Waals surface area contributed by atoms with E-state index in [2.05, 4.69) is 104 Å². The average Bonchev–Trinajstić information content (AvgIpc) is 3.54. The van der Waals surface area contributed by atoms with Crippen LogP contribution in [0, 0.1) is 0 Å². The van der Waals surface area contributed by atoms with Gasteiger partial charge in [0.05, 0.1) is 17.5 Å². The van der Waals surface area contributed by atoms with Gasteiger partial charge >= 0.3 is 0 Å². The highest BCUT2D eigenvalue weighted by Gasteiger charge is 2.43. The van der Waals surface area contributed by atoms with Gasteiger partial charge in [0.25, 0.3) is 20.2 Å². The maximum absolute atomic E-state index is 12.9. The molecule has 0 radical (unpaired) electrons. The number of benzene rings is 2. The van der Waals surface area contributed by atoms with Crippen molar-refractivity contribution in [3.05, 3.63) is 106 Å². The predicted octanol–water partition coefficient (Wildman–Crippen LogP) is 8.46. The normalized spacial score (nSPS) is 20.1. The van der Waals surface area contributed by atoms with E-state index in [-0.39, 0.29) is 34.3 Å². The number of nitrogens with two attached hydrogens (primary N) is 1. The van der Waals surface area contributed by atoms with Crippen LogP contribution in [-0.2, 0) is 35.9 Å². The van der Waals surface area contributed by atoms with Crippen molar-refractivity contribution in [1.29, 1.82) is 0 Å². The molecule has 330 valence electrons. The monoisotopic (exact) mass is 882 g/mol. The highest BCUT2D eigenvalue weighted by Crippen LogP contribution is 2.49. The number of hydrogen-bond donors (Lipinski definition) is 4. The lowest BCUT2D eigenvalue weighted by atomic mass is 9.80. The number of allylic oxidation sites excluding steroid dienone is 6. The summed E-state index contributed by atoms with van der Waals surface area (Å²) in [7, 11) is -8.06. The van der Waals surface area contributed by atoms with Crippen molar-refractivity contribution in [3.8, 4) is 0 Å². The third kappa shape index (κ3) is 12.6. The minimum absolute atomic E-state index is 0.00748. The number of hydrogen-bond acceptors (Lipinski definition) is 9. The summed E-state index contributed by atoms with van der Waals surface area (Å²) in [6.45, 7) is 11.5. The molecule has 60 heavy (non-hydrogen) atoms. The molecule has 0 saturated carbocycles. The van der Waals surface area contributed by atoms with Gasteiger partial charge in [-0.15, -0.1) is 11.8 Å². The van der Waals surface area contributed by atoms with Crippen LogP contribution < -0.4 is 20.9 Å². The van der Waals surface area contributed by atoms with Crippen molar-refractivity contribution in [2.75, 3.05) is 53.2 Å². The van der Waals surface area contributed by atoms with Gasteiger partial charge in [0.15, 0.2) is 0 Å². The van der Waals surface area contributed by atoms with Crippen LogP contribution in [0.25, 0.3) is 0 Å². The van der Waals surface area contributed by atoms with Gasteiger partial charge < -0.3 is 20.9 Å². The first kappa shape index (κ1) is 47.6. The Kier molecular flexibility index (Phi) is 16.8. The standard InChI is InChI=1S/C46H66N4O7S3/c1-45(2)37-19-6-8-21-39(37)49(30-12-14-33-59(52,53)54)41(45)25-23-35-17-16-18-36(44(35)58-32-27-43(51)48-29-11-5-10-28-47)24-26-42-46(3,4)38-20-7-9-22-40(38)50(42)31-13-15-34-60(55,56)57/h6-9,19-26,41H,5,10-18,27-34,47H2,1-4H3,(H,48,51)(H,52,53,54)(H,55,56,57). The number of unbranched alkanes of at least 4 members (excludes halogenated alkanes) is 4. The molecule has 1 atom stereocenters. The Labute approximate surface area is 363 Å². The van der Waals surface area contributed by atoms with Gasteiger partial charge in [0.2, 0.25) is 5.91 Å². The van der Waals surface area contributed by atoms with Crippen molar-refractivity contribution in [3.63, 3.8) is 0 Å². The van der Waals surface area contributed by atoms with Crippen molar-refractivity contribution >= 4 is 49.3 Å². The Hall–Kier alpha value is -3.40. The fourth-order valence-corrected chi connectivity index (χ4v) is 11.2. The van der Waals surface area contributed by atoms with Crippen LogP contribution in [0.5, 0.6) is 0 Å². The largest absolute Gasteiger partial charge is 0.364 e. The second-order valence-corrected chi connectivity index (χ2v) is 21.5. The van der Waals surface area contributed by atoms with Gasteiger partial charge in [-0.3, -0.25) is 13.9 Å². The Morgan fingerprint density at radius 1 is 0.833 bits per heavy atom. The third-order valence-corrected chi connectivity index (χ3v) is 14.9. The van der Waals surface area contributed by atoms with E-state index >= 15 is 0 Å². The number of thioether (sulfide) groups is 1. The molecule has 14 heteroatoms. The van der Waals surface area contributed by atoms with Gasteiger partial charge in [-0.2, -0.15) is 16.8 Å². The lowest BCUT2D eigenvalue weighted by Gasteiger charge is -2.33. The van der Waals surface area contributed by atoms with E-state index in [1.165, 1.54) is 27.2 Å². The number of carbonyl (C=O) groups is 1. The maximum atomic E-state index is 12.9. The molecule has 2 aromatic rings. The van der Waals surface area contributed by atoms with Gasteiger partial charge in [-0.25, -0.2) is 0 Å². The van der Waals surface area contributed by atoms with Crippen molar-refractivity contribution < 1.29 is 30.7 Å². The van der Waals surface area contributed by atoms with Gasteiger partial charge in [-0.05, 0) is 105 Å². The van der Waals surface area contributed by atoms with E-state index in [1.807, 2.05) is 12.1 Å². The molecule has 0 saturated heterocycles. The topological polar surface area (TPSA) is 170 Å². The smallest absolute Gasteiger partial charge is 0.264 e. The van der Waals surface area contributed by atoms with E-state index in [1.54, 1.807) is 11.8 Å². The molecule has 1 aliphatic carbocycles. The zero-order chi connectivity index (χ0) is 43.6. The Morgan fingerprint density at radius 2 is 1.48 bits per heavy atom. The molecule has 3 aliphatic rings. The zero-order valence-corrected chi connectivity index (χ0v) is 38.3. The van der Waals surface area contributed by atoms with E-state index in [9.17, 15) is 30.7 Å². The predicted molar refractivity (Wildman–Crippen MR) is 248 cm³/mol. The fraction of sp³-hybridized carbons (Fsp3) is 0.543. The number of nitrogens with one attached hydrogen (secondary N) is 1. The molecular formula is C46H66N4O7S3. The molecule has 0 bridgehead atoms. The van der Waals surface area contributed by atoms with Gasteiger partial charge in [0, 0.05) is 64.6 Å². The summed E-state index contributed by atoms with van der Waals surface area (Å²) < 4.78 is 64.7. The minimum atomic E-state index is -4.03. The van der Waals surface area contributed by atoms with Crippen molar-refractivity contribution in [2.45, 2.75) is 115 Å². The number of anilines is 2. The van der Waals surface area contributed by atoms with E-state index in [4.69, 9.17) is 5.73 Å². The Bertz CT molecular complexity index is 2160. The highest BCUT2D eigenvalue weighted by molar-refractivity contribution is 8.03. The number of carbonyl (C=O) groups excluding carboxylic acids is 1. The molecule has 2 aromatic carbocycles. The molecule has 11 nitrogen and oxygen atoms in total. The maximum Gasteiger partial charge on any atom is 0.264 e.